The number of hydrogen-bond donors (Lipinski definition) is 2. The first kappa shape index (κ1) is 22.2. The van der Waals surface area contributed by atoms with Crippen LogP contribution in [-0.2, 0) is 27.4 Å². The first-order valence-electron chi connectivity index (χ1n) is 12.5. The fourth-order valence-electron chi connectivity index (χ4n) is 6.00. The van der Waals surface area contributed by atoms with Crippen LogP contribution in [-0.4, -0.2) is 61.0 Å². The van der Waals surface area contributed by atoms with Crippen molar-refractivity contribution in [1.82, 2.24) is 15.5 Å². The molecule has 0 aliphatic carbocycles. The van der Waals surface area contributed by atoms with Crippen LogP contribution in [0.1, 0.15) is 52.2 Å². The highest BCUT2D eigenvalue weighted by Crippen LogP contribution is 2.40. The highest BCUT2D eigenvalue weighted by atomic mass is 16.5. The predicted octanol–water partition coefficient (Wildman–Crippen LogP) is 1.93. The molecule has 8 nitrogen and oxygen atoms in total. The van der Waals surface area contributed by atoms with E-state index in [-0.39, 0.29) is 24.1 Å². The van der Waals surface area contributed by atoms with E-state index < -0.39 is 6.04 Å². The summed E-state index contributed by atoms with van der Waals surface area (Å²) in [5, 5.41) is 5.95. The van der Waals surface area contributed by atoms with E-state index in [9.17, 15) is 14.4 Å². The van der Waals surface area contributed by atoms with E-state index in [1.54, 1.807) is 4.90 Å². The van der Waals surface area contributed by atoms with Crippen LogP contribution in [0.15, 0.2) is 42.5 Å². The lowest BCUT2D eigenvalue weighted by Gasteiger charge is -2.29. The molecule has 3 unspecified atom stereocenters. The number of rotatable bonds is 5. The third-order valence-electron chi connectivity index (χ3n) is 7.69. The van der Waals surface area contributed by atoms with Crippen LogP contribution in [0.3, 0.4) is 0 Å². The van der Waals surface area contributed by atoms with Gasteiger partial charge in [-0.15, -0.1) is 0 Å². The Morgan fingerprint density at radius 1 is 1.09 bits per heavy atom. The first-order chi connectivity index (χ1) is 17.1. The highest BCUT2D eigenvalue weighted by Gasteiger charge is 2.39. The van der Waals surface area contributed by atoms with Crippen molar-refractivity contribution in [3.8, 4) is 0 Å². The third-order valence-corrected chi connectivity index (χ3v) is 7.69. The molecular weight excluding hydrogens is 444 g/mol. The molecule has 2 fully saturated rings. The molecular formula is C27H30N4O4. The van der Waals surface area contributed by atoms with E-state index in [1.807, 2.05) is 12.1 Å². The van der Waals surface area contributed by atoms with Crippen LogP contribution < -0.4 is 15.5 Å². The Bertz CT molecular complexity index is 1180. The summed E-state index contributed by atoms with van der Waals surface area (Å²) in [5.74, 6) is -0.326. The van der Waals surface area contributed by atoms with Gasteiger partial charge in [-0.05, 0) is 41.7 Å². The maximum atomic E-state index is 13.0. The Morgan fingerprint density at radius 2 is 1.97 bits per heavy atom. The van der Waals surface area contributed by atoms with Gasteiger partial charge in [0.15, 0.2) is 0 Å². The molecule has 0 saturated carbocycles. The summed E-state index contributed by atoms with van der Waals surface area (Å²) >= 11 is 0. The molecule has 4 aliphatic rings. The van der Waals surface area contributed by atoms with E-state index >= 15 is 0 Å². The van der Waals surface area contributed by atoms with Crippen LogP contribution in [0.4, 0.5) is 5.69 Å². The highest BCUT2D eigenvalue weighted by molar-refractivity contribution is 6.05. The van der Waals surface area contributed by atoms with Crippen molar-refractivity contribution in [3.63, 3.8) is 0 Å². The molecule has 2 aromatic carbocycles. The smallest absolute Gasteiger partial charge is 0.255 e. The number of nitrogens with zero attached hydrogens (tertiary/aromatic N) is 2. The second-order valence-electron chi connectivity index (χ2n) is 9.99. The number of imide groups is 1. The number of hydrogen-bond acceptors (Lipinski definition) is 6. The molecule has 35 heavy (non-hydrogen) atoms. The maximum Gasteiger partial charge on any atom is 0.255 e. The Balaban J connectivity index is 1.17. The minimum absolute atomic E-state index is 0.130. The third kappa shape index (κ3) is 4.21. The van der Waals surface area contributed by atoms with Crippen molar-refractivity contribution in [1.29, 1.82) is 0 Å². The van der Waals surface area contributed by atoms with Crippen LogP contribution in [0.25, 0.3) is 0 Å². The molecule has 2 aromatic rings. The Labute approximate surface area is 204 Å². The lowest BCUT2D eigenvalue weighted by molar-refractivity contribution is -0.136. The standard InChI is InChI=1S/C27H30N4O4/c32-25-8-7-24(26(33)29-25)31-15-18-11-17(5-6-22(18)27(31)34)13-30-14-19(12-20-16-35-10-9-28-20)21-3-1-2-4-23(21)30/h1-6,11,19-20,24,28H,7-10,12-16H2,(H,29,32,33). The molecule has 3 amide bonds. The van der Waals surface area contributed by atoms with Crippen molar-refractivity contribution in [3.05, 3.63) is 64.7 Å². The van der Waals surface area contributed by atoms with Crippen molar-refractivity contribution >= 4 is 23.4 Å². The fourth-order valence-corrected chi connectivity index (χ4v) is 6.00. The van der Waals surface area contributed by atoms with E-state index in [4.69, 9.17) is 4.74 Å². The molecule has 2 N–H and O–H groups in total. The summed E-state index contributed by atoms with van der Waals surface area (Å²) < 4.78 is 5.67. The monoisotopic (exact) mass is 474 g/mol. The SMILES string of the molecule is O=C1CCC(N2Cc3cc(CN4CC(CC5COCCN5)c5ccccc54)ccc3C2=O)C(=O)N1. The van der Waals surface area contributed by atoms with E-state index in [0.717, 1.165) is 50.4 Å². The molecule has 0 aromatic heterocycles. The second kappa shape index (κ2) is 9.09. The zero-order chi connectivity index (χ0) is 23.9. The average Bonchev–Trinajstić information content (AvgIpc) is 3.37. The van der Waals surface area contributed by atoms with E-state index in [1.165, 1.54) is 11.3 Å². The summed E-state index contributed by atoms with van der Waals surface area (Å²) in [5.41, 5.74) is 5.42. The number of piperidine rings is 1. The summed E-state index contributed by atoms with van der Waals surface area (Å²) in [6, 6.07) is 14.5. The number of anilines is 1. The lowest BCUT2D eigenvalue weighted by Crippen LogP contribution is -2.52. The normalized spacial score (nSPS) is 26.1. The van der Waals surface area contributed by atoms with Crippen LogP contribution in [0, 0.1) is 0 Å². The number of benzene rings is 2. The molecule has 0 bridgehead atoms. The van der Waals surface area contributed by atoms with Gasteiger partial charge in [-0.1, -0.05) is 30.3 Å². The number of morpholine rings is 1. The van der Waals surface area contributed by atoms with Gasteiger partial charge >= 0.3 is 0 Å². The Morgan fingerprint density at radius 3 is 2.80 bits per heavy atom. The van der Waals surface area contributed by atoms with Gasteiger partial charge in [0.1, 0.15) is 6.04 Å². The van der Waals surface area contributed by atoms with Gasteiger partial charge in [0.2, 0.25) is 11.8 Å². The molecule has 0 spiro atoms. The average molecular weight is 475 g/mol. The number of carbonyl (C=O) groups is 3. The molecule has 3 atom stereocenters. The summed E-state index contributed by atoms with van der Waals surface area (Å²) in [6.45, 7) is 4.58. The quantitative estimate of drug-likeness (QED) is 0.644. The van der Waals surface area contributed by atoms with Gasteiger partial charge in [0.05, 0.1) is 13.2 Å². The van der Waals surface area contributed by atoms with Crippen molar-refractivity contribution in [2.75, 3.05) is 31.2 Å². The van der Waals surface area contributed by atoms with Crippen LogP contribution >= 0.6 is 0 Å². The van der Waals surface area contributed by atoms with Gasteiger partial charge in [-0.3, -0.25) is 19.7 Å². The zero-order valence-electron chi connectivity index (χ0n) is 19.7. The number of amides is 3. The summed E-state index contributed by atoms with van der Waals surface area (Å²) in [4.78, 5) is 40.9. The second-order valence-corrected chi connectivity index (χ2v) is 9.99. The minimum Gasteiger partial charge on any atom is -0.379 e. The number of fused-ring (bicyclic) bond motifs is 2. The molecule has 2 saturated heterocycles. The van der Waals surface area contributed by atoms with Crippen LogP contribution in [0.2, 0.25) is 0 Å². The van der Waals surface area contributed by atoms with Crippen molar-refractivity contribution < 1.29 is 19.1 Å². The van der Waals surface area contributed by atoms with E-state index in [0.29, 0.717) is 30.5 Å². The lowest BCUT2D eigenvalue weighted by atomic mass is 9.94. The number of nitrogens with one attached hydrogen (secondary N) is 2. The number of ether oxygens (including phenoxy) is 1. The first-order valence-corrected chi connectivity index (χ1v) is 12.5. The van der Waals surface area contributed by atoms with Gasteiger partial charge in [-0.2, -0.15) is 0 Å². The molecule has 6 rings (SSSR count). The van der Waals surface area contributed by atoms with Gasteiger partial charge in [-0.25, -0.2) is 0 Å². The minimum atomic E-state index is -0.584. The van der Waals surface area contributed by atoms with E-state index in [2.05, 4.69) is 45.9 Å². The molecule has 4 aliphatic heterocycles. The topological polar surface area (TPSA) is 91.0 Å². The fraction of sp³-hybridized carbons (Fsp3) is 0.444. The summed E-state index contributed by atoms with van der Waals surface area (Å²) in [6.07, 6.45) is 1.69. The number of carbonyl (C=O) groups excluding carboxylic acids is 3. The molecule has 8 heteroatoms. The zero-order valence-corrected chi connectivity index (χ0v) is 19.7. The van der Waals surface area contributed by atoms with Crippen LogP contribution in [0.5, 0.6) is 0 Å². The predicted molar refractivity (Wildman–Crippen MR) is 130 cm³/mol. The molecule has 4 heterocycles. The van der Waals surface area contributed by atoms with Crippen molar-refractivity contribution in [2.24, 2.45) is 0 Å². The van der Waals surface area contributed by atoms with Gasteiger partial charge in [0, 0.05) is 55.8 Å². The number of para-hydroxylation sites is 1. The van der Waals surface area contributed by atoms with Gasteiger partial charge < -0.3 is 19.9 Å². The largest absolute Gasteiger partial charge is 0.379 e. The van der Waals surface area contributed by atoms with Gasteiger partial charge in [0.25, 0.3) is 5.91 Å². The Hall–Kier alpha value is -3.23. The Kier molecular flexibility index (Phi) is 5.78. The van der Waals surface area contributed by atoms with Crippen molar-refractivity contribution in [2.45, 2.75) is 50.4 Å². The maximum absolute atomic E-state index is 13.0. The molecule has 0 radical (unpaired) electrons. The summed E-state index contributed by atoms with van der Waals surface area (Å²) in [7, 11) is 0. The molecule has 182 valence electrons.